The highest BCUT2D eigenvalue weighted by Gasteiger charge is 2.07. The Balaban J connectivity index is 0.00000280. The lowest BCUT2D eigenvalue weighted by Crippen LogP contribution is -2.39. The van der Waals surface area contributed by atoms with Gasteiger partial charge in [-0.3, -0.25) is 4.99 Å². The third-order valence-corrected chi connectivity index (χ3v) is 4.16. The number of guanidine groups is 1. The summed E-state index contributed by atoms with van der Waals surface area (Å²) in [6.45, 7) is 3.57. The number of hydrogen-bond donors (Lipinski definition) is 2. The van der Waals surface area contributed by atoms with Crippen molar-refractivity contribution in [2.75, 3.05) is 20.1 Å². The summed E-state index contributed by atoms with van der Waals surface area (Å²) >= 11 is 0. The minimum atomic E-state index is 0. The number of benzene rings is 1. The predicted octanol–water partition coefficient (Wildman–Crippen LogP) is 3.46. The zero-order valence-electron chi connectivity index (χ0n) is 16.1. The van der Waals surface area contributed by atoms with Gasteiger partial charge in [-0.2, -0.15) is 4.98 Å². The van der Waals surface area contributed by atoms with Crippen LogP contribution in [0.2, 0.25) is 0 Å². The molecule has 150 valence electrons. The van der Waals surface area contributed by atoms with Gasteiger partial charge in [-0.25, -0.2) is 0 Å². The van der Waals surface area contributed by atoms with Crippen LogP contribution in [0.25, 0.3) is 11.5 Å². The second-order valence-corrected chi connectivity index (χ2v) is 6.07. The maximum absolute atomic E-state index is 5.32. The zero-order valence-corrected chi connectivity index (χ0v) is 18.5. The van der Waals surface area contributed by atoms with Gasteiger partial charge in [0.1, 0.15) is 5.76 Å². The summed E-state index contributed by atoms with van der Waals surface area (Å²) in [4.78, 5) is 8.59. The van der Waals surface area contributed by atoms with Crippen molar-refractivity contribution in [3.05, 3.63) is 59.8 Å². The van der Waals surface area contributed by atoms with Crippen molar-refractivity contribution in [2.45, 2.75) is 26.2 Å². The SMILES string of the molecule is CCc1noc(-c2ccc(CCNC(=NC)NCCc3ccco3)cc2)n1.I. The molecule has 3 rings (SSSR count). The van der Waals surface area contributed by atoms with Crippen LogP contribution in [-0.4, -0.2) is 36.2 Å². The van der Waals surface area contributed by atoms with Crippen LogP contribution < -0.4 is 10.6 Å². The van der Waals surface area contributed by atoms with E-state index in [4.69, 9.17) is 8.94 Å². The average Bonchev–Trinajstić information content (AvgIpc) is 3.39. The molecule has 0 saturated carbocycles. The number of hydrogen-bond acceptors (Lipinski definition) is 5. The summed E-state index contributed by atoms with van der Waals surface area (Å²) < 4.78 is 10.6. The van der Waals surface area contributed by atoms with E-state index in [9.17, 15) is 0 Å². The first-order valence-corrected chi connectivity index (χ1v) is 9.17. The molecule has 8 heteroatoms. The van der Waals surface area contributed by atoms with Crippen LogP contribution in [0.15, 0.2) is 56.6 Å². The highest BCUT2D eigenvalue weighted by molar-refractivity contribution is 14.0. The minimum Gasteiger partial charge on any atom is -0.469 e. The van der Waals surface area contributed by atoms with Gasteiger partial charge < -0.3 is 19.6 Å². The molecule has 0 aliphatic heterocycles. The number of aromatic nitrogens is 2. The van der Waals surface area contributed by atoms with Crippen molar-refractivity contribution in [3.8, 4) is 11.5 Å². The molecule has 0 atom stereocenters. The molecule has 2 heterocycles. The van der Waals surface area contributed by atoms with E-state index in [-0.39, 0.29) is 24.0 Å². The largest absolute Gasteiger partial charge is 0.469 e. The highest BCUT2D eigenvalue weighted by atomic mass is 127. The first-order chi connectivity index (χ1) is 13.3. The van der Waals surface area contributed by atoms with E-state index in [0.29, 0.717) is 5.89 Å². The van der Waals surface area contributed by atoms with Crippen molar-refractivity contribution in [1.29, 1.82) is 0 Å². The van der Waals surface area contributed by atoms with Crippen LogP contribution in [0, 0.1) is 0 Å². The summed E-state index contributed by atoms with van der Waals surface area (Å²) in [5, 5.41) is 10.5. The molecule has 0 bridgehead atoms. The number of halogens is 1. The Morgan fingerprint density at radius 2 is 1.82 bits per heavy atom. The number of aliphatic imine (C=N–C) groups is 1. The molecular weight excluding hydrogens is 469 g/mol. The van der Waals surface area contributed by atoms with Crippen LogP contribution in [0.1, 0.15) is 24.1 Å². The normalized spacial score (nSPS) is 11.1. The molecule has 0 saturated heterocycles. The van der Waals surface area contributed by atoms with Crippen molar-refractivity contribution in [1.82, 2.24) is 20.8 Å². The summed E-state index contributed by atoms with van der Waals surface area (Å²) in [6, 6.07) is 12.1. The number of nitrogens with one attached hydrogen (secondary N) is 2. The summed E-state index contributed by atoms with van der Waals surface area (Å²) in [6.07, 6.45) is 4.17. The fraction of sp³-hybridized carbons (Fsp3) is 0.350. The molecule has 0 radical (unpaired) electrons. The van der Waals surface area contributed by atoms with Crippen molar-refractivity contribution >= 4 is 29.9 Å². The lowest BCUT2D eigenvalue weighted by atomic mass is 10.1. The molecule has 7 nitrogen and oxygen atoms in total. The lowest BCUT2D eigenvalue weighted by Gasteiger charge is -2.11. The Labute approximate surface area is 182 Å². The number of rotatable bonds is 8. The van der Waals surface area contributed by atoms with Gasteiger partial charge in [0, 0.05) is 38.5 Å². The standard InChI is InChI=1S/C20H25N5O2.HI/c1-3-18-24-19(27-25-18)16-8-6-15(7-9-16)10-12-22-20(21-2)23-13-11-17-5-4-14-26-17;/h4-9,14H,3,10-13H2,1-2H3,(H2,21,22,23);1H. The lowest BCUT2D eigenvalue weighted by molar-refractivity contribution is 0.423. The third-order valence-electron chi connectivity index (χ3n) is 4.16. The summed E-state index contributed by atoms with van der Waals surface area (Å²) in [5.74, 6) is 3.04. The molecule has 0 aliphatic carbocycles. The van der Waals surface area contributed by atoms with Gasteiger partial charge in [-0.1, -0.05) is 24.2 Å². The van der Waals surface area contributed by atoms with E-state index in [0.717, 1.165) is 55.5 Å². The van der Waals surface area contributed by atoms with E-state index < -0.39 is 0 Å². The maximum atomic E-state index is 5.32. The maximum Gasteiger partial charge on any atom is 0.257 e. The predicted molar refractivity (Wildman–Crippen MR) is 120 cm³/mol. The van der Waals surface area contributed by atoms with Gasteiger partial charge in [0.2, 0.25) is 0 Å². The van der Waals surface area contributed by atoms with E-state index in [1.54, 1.807) is 13.3 Å². The number of aryl methyl sites for hydroxylation is 1. The first kappa shape index (κ1) is 21.9. The van der Waals surface area contributed by atoms with E-state index in [1.807, 2.05) is 31.2 Å². The Morgan fingerprint density at radius 3 is 2.43 bits per heavy atom. The molecule has 0 aliphatic rings. The van der Waals surface area contributed by atoms with Crippen LogP contribution >= 0.6 is 24.0 Å². The topological polar surface area (TPSA) is 88.5 Å². The summed E-state index contributed by atoms with van der Waals surface area (Å²) in [5.41, 5.74) is 2.17. The molecule has 0 amide bonds. The minimum absolute atomic E-state index is 0. The van der Waals surface area contributed by atoms with Gasteiger partial charge in [0.15, 0.2) is 11.8 Å². The molecular formula is C20H26IN5O2. The van der Waals surface area contributed by atoms with Crippen molar-refractivity contribution in [2.24, 2.45) is 4.99 Å². The molecule has 0 unspecified atom stereocenters. The van der Waals surface area contributed by atoms with Crippen LogP contribution in [0.3, 0.4) is 0 Å². The molecule has 2 aromatic heterocycles. The van der Waals surface area contributed by atoms with Crippen molar-refractivity contribution < 1.29 is 8.94 Å². The molecule has 2 N–H and O–H groups in total. The second-order valence-electron chi connectivity index (χ2n) is 6.07. The first-order valence-electron chi connectivity index (χ1n) is 9.17. The monoisotopic (exact) mass is 495 g/mol. The molecule has 1 aromatic carbocycles. The van der Waals surface area contributed by atoms with Crippen molar-refractivity contribution in [3.63, 3.8) is 0 Å². The zero-order chi connectivity index (χ0) is 18.9. The van der Waals surface area contributed by atoms with Gasteiger partial charge in [-0.15, -0.1) is 24.0 Å². The highest BCUT2D eigenvalue weighted by Crippen LogP contribution is 2.18. The van der Waals surface area contributed by atoms with Crippen LogP contribution in [0.5, 0.6) is 0 Å². The Hall–Kier alpha value is -2.36. The Bertz CT molecular complexity index is 844. The van der Waals surface area contributed by atoms with E-state index >= 15 is 0 Å². The smallest absolute Gasteiger partial charge is 0.257 e. The van der Waals surface area contributed by atoms with Gasteiger partial charge in [0.25, 0.3) is 5.89 Å². The molecule has 3 aromatic rings. The Kier molecular flexibility index (Phi) is 8.99. The molecule has 0 fully saturated rings. The third kappa shape index (κ3) is 6.36. The summed E-state index contributed by atoms with van der Waals surface area (Å²) in [7, 11) is 1.77. The van der Waals surface area contributed by atoms with E-state index in [1.165, 1.54) is 5.56 Å². The second kappa shape index (κ2) is 11.5. The van der Waals surface area contributed by atoms with Gasteiger partial charge in [-0.05, 0) is 36.2 Å². The number of furan rings is 1. The quantitative estimate of drug-likeness (QED) is 0.283. The fourth-order valence-corrected chi connectivity index (χ4v) is 2.63. The molecule has 0 spiro atoms. The molecule has 28 heavy (non-hydrogen) atoms. The number of nitrogens with zero attached hydrogens (tertiary/aromatic N) is 3. The fourth-order valence-electron chi connectivity index (χ4n) is 2.63. The van der Waals surface area contributed by atoms with Crippen LogP contribution in [0.4, 0.5) is 0 Å². The average molecular weight is 495 g/mol. The van der Waals surface area contributed by atoms with E-state index in [2.05, 4.69) is 37.9 Å². The van der Waals surface area contributed by atoms with Gasteiger partial charge >= 0.3 is 0 Å². The van der Waals surface area contributed by atoms with Gasteiger partial charge in [0.05, 0.1) is 6.26 Å². The Morgan fingerprint density at radius 1 is 1.07 bits per heavy atom. The van der Waals surface area contributed by atoms with Crippen LogP contribution in [-0.2, 0) is 19.3 Å².